The Labute approximate surface area is 82.4 Å². The Morgan fingerprint density at radius 2 is 2.46 bits per heavy atom. The molecule has 74 valence electrons. The van der Waals surface area contributed by atoms with Crippen LogP contribution in [0.4, 0.5) is 5.82 Å². The smallest absolute Gasteiger partial charge is 0.145 e. The third-order valence-electron chi connectivity index (χ3n) is 1.56. The van der Waals surface area contributed by atoms with E-state index in [0.717, 1.165) is 24.7 Å². The van der Waals surface area contributed by atoms with Gasteiger partial charge in [0.25, 0.3) is 0 Å². The highest BCUT2D eigenvalue weighted by Gasteiger charge is 1.94. The van der Waals surface area contributed by atoms with Crippen LogP contribution >= 0.6 is 11.8 Å². The van der Waals surface area contributed by atoms with Gasteiger partial charge in [-0.2, -0.15) is 16.9 Å². The van der Waals surface area contributed by atoms with Crippen molar-refractivity contribution in [3.05, 3.63) is 12.3 Å². The van der Waals surface area contributed by atoms with Crippen molar-refractivity contribution in [3.63, 3.8) is 0 Å². The summed E-state index contributed by atoms with van der Waals surface area (Å²) in [7, 11) is 1.72. The van der Waals surface area contributed by atoms with Crippen molar-refractivity contribution in [3.8, 4) is 0 Å². The Bertz CT molecular complexity index is 239. The Kier molecular flexibility index (Phi) is 4.70. The van der Waals surface area contributed by atoms with E-state index in [1.807, 2.05) is 22.6 Å². The highest BCUT2D eigenvalue weighted by molar-refractivity contribution is 7.99. The topological polar surface area (TPSA) is 53.1 Å². The standard InChI is InChI=1S/C8H15N3OS/c1-12-5-7-13-6-4-11-3-2-8(9)10-11/h2-3H,4-7H2,1H3,(H2,9,10). The molecule has 4 nitrogen and oxygen atoms in total. The molecule has 0 bridgehead atoms. The Morgan fingerprint density at radius 1 is 1.62 bits per heavy atom. The number of ether oxygens (including phenoxy) is 1. The first-order valence-corrected chi connectivity index (χ1v) is 5.34. The predicted octanol–water partition coefficient (Wildman–Crippen LogP) is 0.845. The van der Waals surface area contributed by atoms with Crippen LogP contribution < -0.4 is 5.73 Å². The number of aryl methyl sites for hydroxylation is 1. The summed E-state index contributed by atoms with van der Waals surface area (Å²) in [5, 5.41) is 4.08. The average Bonchev–Trinajstić information content (AvgIpc) is 2.51. The maximum atomic E-state index is 5.47. The van der Waals surface area contributed by atoms with Gasteiger partial charge < -0.3 is 10.5 Å². The van der Waals surface area contributed by atoms with Gasteiger partial charge in [0.2, 0.25) is 0 Å². The fourth-order valence-corrected chi connectivity index (χ4v) is 1.71. The number of aromatic nitrogens is 2. The molecule has 1 aromatic rings. The van der Waals surface area contributed by atoms with E-state index in [4.69, 9.17) is 10.5 Å². The first-order valence-electron chi connectivity index (χ1n) is 4.18. The summed E-state index contributed by atoms with van der Waals surface area (Å²) in [4.78, 5) is 0. The molecule has 1 aromatic heterocycles. The number of methoxy groups -OCH3 is 1. The second kappa shape index (κ2) is 5.88. The van der Waals surface area contributed by atoms with Gasteiger partial charge in [0.1, 0.15) is 5.82 Å². The third kappa shape index (κ3) is 4.19. The molecule has 0 saturated carbocycles. The molecule has 1 heterocycles. The summed E-state index contributed by atoms with van der Waals surface area (Å²) in [6.45, 7) is 1.72. The molecule has 0 amide bonds. The number of hydrogen-bond acceptors (Lipinski definition) is 4. The number of nitrogen functional groups attached to an aromatic ring is 1. The van der Waals surface area contributed by atoms with Gasteiger partial charge >= 0.3 is 0 Å². The average molecular weight is 201 g/mol. The molecule has 1 rings (SSSR count). The van der Waals surface area contributed by atoms with Crippen LogP contribution in [0.2, 0.25) is 0 Å². The van der Waals surface area contributed by atoms with E-state index in [-0.39, 0.29) is 0 Å². The summed E-state index contributed by atoms with van der Waals surface area (Å²) in [5.41, 5.74) is 5.47. The quantitative estimate of drug-likeness (QED) is 0.693. The minimum atomic E-state index is 0.585. The minimum Gasteiger partial charge on any atom is -0.384 e. The first-order chi connectivity index (χ1) is 6.33. The van der Waals surface area contributed by atoms with Gasteiger partial charge in [-0.15, -0.1) is 0 Å². The Balaban J connectivity index is 2.06. The van der Waals surface area contributed by atoms with Crippen LogP contribution in [-0.2, 0) is 11.3 Å². The molecule has 0 aliphatic rings. The minimum absolute atomic E-state index is 0.585. The maximum absolute atomic E-state index is 5.47. The maximum Gasteiger partial charge on any atom is 0.145 e. The first kappa shape index (κ1) is 10.4. The second-order valence-electron chi connectivity index (χ2n) is 2.61. The zero-order valence-corrected chi connectivity index (χ0v) is 8.59. The molecule has 0 radical (unpaired) electrons. The summed E-state index contributed by atoms with van der Waals surface area (Å²) in [5.74, 6) is 2.67. The van der Waals surface area contributed by atoms with Gasteiger partial charge in [-0.05, 0) is 6.07 Å². The van der Waals surface area contributed by atoms with Crippen molar-refractivity contribution in [2.75, 3.05) is 31.0 Å². The van der Waals surface area contributed by atoms with Crippen molar-refractivity contribution in [2.24, 2.45) is 0 Å². The van der Waals surface area contributed by atoms with Crippen LogP contribution in [0.5, 0.6) is 0 Å². The van der Waals surface area contributed by atoms with E-state index < -0.39 is 0 Å². The Hall–Kier alpha value is -0.680. The summed E-state index contributed by atoms with van der Waals surface area (Å²) < 4.78 is 6.79. The molecule has 0 spiro atoms. The van der Waals surface area contributed by atoms with E-state index >= 15 is 0 Å². The summed E-state index contributed by atoms with van der Waals surface area (Å²) >= 11 is 1.86. The second-order valence-corrected chi connectivity index (χ2v) is 3.83. The van der Waals surface area contributed by atoms with Crippen LogP contribution in [0.1, 0.15) is 0 Å². The lowest BCUT2D eigenvalue weighted by Gasteiger charge is -2.01. The highest BCUT2D eigenvalue weighted by Crippen LogP contribution is 2.02. The van der Waals surface area contributed by atoms with Crippen LogP contribution in [-0.4, -0.2) is 35.0 Å². The van der Waals surface area contributed by atoms with Gasteiger partial charge in [0.15, 0.2) is 0 Å². The van der Waals surface area contributed by atoms with E-state index in [2.05, 4.69) is 5.10 Å². The van der Waals surface area contributed by atoms with Crippen molar-refractivity contribution in [1.29, 1.82) is 0 Å². The van der Waals surface area contributed by atoms with Crippen molar-refractivity contribution >= 4 is 17.6 Å². The lowest BCUT2D eigenvalue weighted by atomic mass is 10.7. The highest BCUT2D eigenvalue weighted by atomic mass is 32.2. The summed E-state index contributed by atoms with van der Waals surface area (Å²) in [6.07, 6.45) is 1.90. The number of thioether (sulfide) groups is 1. The van der Waals surface area contributed by atoms with E-state index in [0.29, 0.717) is 5.82 Å². The number of nitrogens with two attached hydrogens (primary N) is 1. The van der Waals surface area contributed by atoms with Gasteiger partial charge in [0, 0.05) is 24.8 Å². The van der Waals surface area contributed by atoms with Crippen LogP contribution in [0.3, 0.4) is 0 Å². The molecule has 5 heteroatoms. The number of anilines is 1. The fourth-order valence-electron chi connectivity index (χ4n) is 0.904. The van der Waals surface area contributed by atoms with Crippen molar-refractivity contribution in [2.45, 2.75) is 6.54 Å². The van der Waals surface area contributed by atoms with Gasteiger partial charge in [-0.1, -0.05) is 0 Å². The molecule has 0 atom stereocenters. The largest absolute Gasteiger partial charge is 0.384 e. The molecule has 13 heavy (non-hydrogen) atoms. The SMILES string of the molecule is COCCSCCn1ccc(N)n1. The molecule has 0 saturated heterocycles. The third-order valence-corrected chi connectivity index (χ3v) is 2.48. The Morgan fingerprint density at radius 3 is 3.08 bits per heavy atom. The number of nitrogens with zero attached hydrogens (tertiary/aromatic N) is 2. The molecule has 0 aliphatic heterocycles. The van der Waals surface area contributed by atoms with Gasteiger partial charge in [-0.25, -0.2) is 0 Å². The summed E-state index contributed by atoms with van der Waals surface area (Å²) in [6, 6.07) is 1.81. The van der Waals surface area contributed by atoms with E-state index in [9.17, 15) is 0 Å². The molecule has 0 aromatic carbocycles. The van der Waals surface area contributed by atoms with Crippen LogP contribution in [0.25, 0.3) is 0 Å². The van der Waals surface area contributed by atoms with Crippen molar-refractivity contribution < 1.29 is 4.74 Å². The van der Waals surface area contributed by atoms with Gasteiger partial charge in [-0.3, -0.25) is 4.68 Å². The molecular formula is C8H15N3OS. The lowest BCUT2D eigenvalue weighted by Crippen LogP contribution is -2.03. The molecule has 2 N–H and O–H groups in total. The molecular weight excluding hydrogens is 186 g/mol. The monoisotopic (exact) mass is 201 g/mol. The zero-order valence-electron chi connectivity index (χ0n) is 7.77. The molecule has 0 aliphatic carbocycles. The van der Waals surface area contributed by atoms with E-state index in [1.165, 1.54) is 0 Å². The molecule has 0 fully saturated rings. The number of hydrogen-bond donors (Lipinski definition) is 1. The predicted molar refractivity (Wildman–Crippen MR) is 55.8 cm³/mol. The zero-order chi connectivity index (χ0) is 9.52. The molecule has 0 unspecified atom stereocenters. The van der Waals surface area contributed by atoms with Gasteiger partial charge in [0.05, 0.1) is 13.2 Å². The van der Waals surface area contributed by atoms with E-state index in [1.54, 1.807) is 13.2 Å². The van der Waals surface area contributed by atoms with Crippen LogP contribution in [0.15, 0.2) is 12.3 Å². The fraction of sp³-hybridized carbons (Fsp3) is 0.625. The van der Waals surface area contributed by atoms with Crippen molar-refractivity contribution in [1.82, 2.24) is 9.78 Å². The lowest BCUT2D eigenvalue weighted by molar-refractivity contribution is 0.218. The number of rotatable bonds is 6. The van der Waals surface area contributed by atoms with Crippen LogP contribution in [0, 0.1) is 0 Å². The normalized spacial score (nSPS) is 10.5.